The molecular formula is C104H107BN4. The van der Waals surface area contributed by atoms with Crippen LogP contribution in [0.25, 0.3) is 88.4 Å². The number of hydrogen-bond donors (Lipinski definition) is 0. The topological polar surface area (TPSA) is 16.3 Å². The first-order valence-electron chi connectivity index (χ1n) is 40.3. The van der Waals surface area contributed by atoms with Gasteiger partial charge >= 0.3 is 0 Å². The Morgan fingerprint density at radius 2 is 0.587 bits per heavy atom. The van der Waals surface area contributed by atoms with Crippen LogP contribution in [-0.4, -0.2) is 15.8 Å². The molecule has 0 saturated heterocycles. The summed E-state index contributed by atoms with van der Waals surface area (Å²) in [5.74, 6) is 0. The first kappa shape index (κ1) is 70.6. The number of rotatable bonds is 7. The van der Waals surface area contributed by atoms with Gasteiger partial charge in [-0.2, -0.15) is 0 Å². The second-order valence-corrected chi connectivity index (χ2v) is 39.6. The summed E-state index contributed by atoms with van der Waals surface area (Å²) in [6, 6.07) is 94.1. The molecular weight excluding hydrogens is 1320 g/mol. The molecule has 2 aliphatic carbocycles. The zero-order chi connectivity index (χ0) is 76.3. The van der Waals surface area contributed by atoms with Crippen molar-refractivity contribution in [1.82, 2.24) is 9.13 Å². The second kappa shape index (κ2) is 24.2. The van der Waals surface area contributed by atoms with E-state index in [0.717, 1.165) is 34.1 Å². The van der Waals surface area contributed by atoms with E-state index in [0.29, 0.717) is 0 Å². The van der Waals surface area contributed by atoms with Gasteiger partial charge in [-0.3, -0.25) is 0 Å². The van der Waals surface area contributed by atoms with Crippen LogP contribution in [0.3, 0.4) is 0 Å². The highest BCUT2D eigenvalue weighted by Crippen LogP contribution is 2.53. The van der Waals surface area contributed by atoms with E-state index in [9.17, 15) is 0 Å². The average Bonchev–Trinajstić information content (AvgIpc) is 1.56. The minimum Gasteiger partial charge on any atom is -0.311 e. The summed E-state index contributed by atoms with van der Waals surface area (Å²) in [7, 11) is 0. The molecule has 2 aromatic heterocycles. The molecule has 0 amide bonds. The van der Waals surface area contributed by atoms with Crippen molar-refractivity contribution < 1.29 is 0 Å². The summed E-state index contributed by atoms with van der Waals surface area (Å²) in [5, 5.41) is 5.10. The maximum atomic E-state index is 2.67. The third kappa shape index (κ3) is 11.5. The minimum atomic E-state index is -0.178. The second-order valence-electron chi connectivity index (χ2n) is 39.6. The monoisotopic (exact) mass is 1420 g/mol. The fourth-order valence-corrected chi connectivity index (χ4v) is 19.2. The van der Waals surface area contributed by atoms with Gasteiger partial charge in [-0.1, -0.05) is 272 Å². The Morgan fingerprint density at radius 1 is 0.257 bits per heavy atom. The zero-order valence-electron chi connectivity index (χ0n) is 68.2. The molecule has 4 aliphatic rings. The molecule has 18 rings (SSSR count). The van der Waals surface area contributed by atoms with Crippen LogP contribution < -0.4 is 26.2 Å². The molecule has 14 aromatic rings. The average molecular weight is 1420 g/mol. The van der Waals surface area contributed by atoms with Gasteiger partial charge in [-0.25, -0.2) is 0 Å². The van der Waals surface area contributed by atoms with Crippen molar-refractivity contribution in [1.29, 1.82) is 0 Å². The van der Waals surface area contributed by atoms with Crippen LogP contribution in [0.1, 0.15) is 209 Å². The third-order valence-electron chi connectivity index (χ3n) is 26.3. The Bertz CT molecular complexity index is 5930. The van der Waals surface area contributed by atoms with Crippen LogP contribution >= 0.6 is 0 Å². The van der Waals surface area contributed by atoms with Gasteiger partial charge in [-0.15, -0.1) is 0 Å². The Hall–Kier alpha value is -10.1. The van der Waals surface area contributed by atoms with Crippen LogP contribution in [0.5, 0.6) is 0 Å². The lowest BCUT2D eigenvalue weighted by molar-refractivity contribution is 0.332. The van der Waals surface area contributed by atoms with Crippen molar-refractivity contribution in [3.05, 3.63) is 281 Å². The molecule has 2 aliphatic heterocycles. The summed E-state index contributed by atoms with van der Waals surface area (Å²) < 4.78 is 5.17. The summed E-state index contributed by atoms with van der Waals surface area (Å²) >= 11 is 0. The Balaban J connectivity index is 0.938. The minimum absolute atomic E-state index is 0.0402. The van der Waals surface area contributed by atoms with E-state index < -0.39 is 0 Å². The Morgan fingerprint density at radius 3 is 0.991 bits per heavy atom. The van der Waals surface area contributed by atoms with Gasteiger partial charge in [-0.05, 0) is 266 Å². The SMILES string of the molecule is CC(C)(C)c1ccc2c(c1)c1cc(C(C)(C)C)ccc1n2-c1ccc2c(c1)N(c1ccc(-c3ccc4c(c3)C(C)(C)CCC4(C)C)cc1)c1cc(-n3c4ccc(C(C)(C)C)cc4c4cc(C(C)(C)C)ccc43)cc3c1B2c1cc(-c2ccccc2)ccc1N3c1ccc(-c2ccc3c(c2)C(C)(C)CCC3(C)C)cc1. The first-order valence-corrected chi connectivity index (χ1v) is 40.3. The number of nitrogens with zero attached hydrogens (tertiary/aromatic N) is 4. The smallest absolute Gasteiger partial charge is 0.252 e. The van der Waals surface area contributed by atoms with Crippen LogP contribution in [-0.2, 0) is 43.3 Å². The molecule has 546 valence electrons. The van der Waals surface area contributed by atoms with Crippen molar-refractivity contribution in [2.24, 2.45) is 0 Å². The molecule has 4 heterocycles. The van der Waals surface area contributed by atoms with Gasteiger partial charge in [0.2, 0.25) is 0 Å². The van der Waals surface area contributed by atoms with E-state index in [1.54, 1.807) is 0 Å². The highest BCUT2D eigenvalue weighted by atomic mass is 15.2. The van der Waals surface area contributed by atoms with Crippen molar-refractivity contribution in [2.75, 3.05) is 9.80 Å². The van der Waals surface area contributed by atoms with Gasteiger partial charge in [0.25, 0.3) is 6.71 Å². The van der Waals surface area contributed by atoms with Gasteiger partial charge in [0.05, 0.1) is 27.8 Å². The van der Waals surface area contributed by atoms with E-state index in [1.807, 2.05) is 0 Å². The van der Waals surface area contributed by atoms with Crippen molar-refractivity contribution in [3.63, 3.8) is 0 Å². The van der Waals surface area contributed by atoms with Crippen molar-refractivity contribution in [3.8, 4) is 44.8 Å². The van der Waals surface area contributed by atoms with Gasteiger partial charge in [0, 0.05) is 61.4 Å². The zero-order valence-corrected chi connectivity index (χ0v) is 68.2. The number of aromatic nitrogens is 2. The van der Waals surface area contributed by atoms with Gasteiger partial charge < -0.3 is 18.9 Å². The standard InChI is InChI=1S/C104H107BN4/c1-97(2,3)70-33-46-88-78(57-70)79-58-71(98(4,5)6)34-47-89(79)108(88)76-41-44-86-93(61-76)107(75-39-28-66(29-40-75)68-31-43-83-85(55-68)104(19,20)53-51-102(83,15)16)95-63-77(109-90-48-35-72(99(7,8)9)59-80(90)81-60-73(100(10,11)12)36-49-91(81)109)62-94-96(95)105(86)87-56-69(64-24-22-21-23-25-64)32-45-92(87)106(94)74-37-26-65(27-38-74)67-30-42-82-84(54-67)103(17,18)52-50-101(82,13)14/h21-49,54-63H,50-53H2,1-20H3. The number of hydrogen-bond acceptors (Lipinski definition) is 2. The normalized spacial score (nSPS) is 16.3. The maximum absolute atomic E-state index is 2.67. The van der Waals surface area contributed by atoms with Crippen LogP contribution in [0.15, 0.2) is 237 Å². The Labute approximate surface area is 649 Å². The highest BCUT2D eigenvalue weighted by Gasteiger charge is 2.46. The predicted octanol–water partition coefficient (Wildman–Crippen LogP) is 26.9. The van der Waals surface area contributed by atoms with E-state index in [1.165, 1.54) is 175 Å². The van der Waals surface area contributed by atoms with Crippen LogP contribution in [0, 0.1) is 0 Å². The molecule has 0 saturated carbocycles. The molecule has 0 spiro atoms. The van der Waals surface area contributed by atoms with Gasteiger partial charge in [0.15, 0.2) is 0 Å². The molecule has 5 heteroatoms. The molecule has 0 fully saturated rings. The van der Waals surface area contributed by atoms with Crippen molar-refractivity contribution >= 4 is 101 Å². The summed E-state index contributed by atoms with van der Waals surface area (Å²) in [5.41, 5.74) is 36.5. The maximum Gasteiger partial charge on any atom is 0.252 e. The lowest BCUT2D eigenvalue weighted by atomic mass is 9.33. The Kier molecular flexibility index (Phi) is 15.7. The third-order valence-corrected chi connectivity index (χ3v) is 26.3. The molecule has 0 bridgehead atoms. The summed E-state index contributed by atoms with van der Waals surface area (Å²) in [6.45, 7) is 47.5. The fraction of sp³-hybridized carbons (Fsp3) is 0.308. The summed E-state index contributed by atoms with van der Waals surface area (Å²) in [6.07, 6.45) is 4.71. The fourth-order valence-electron chi connectivity index (χ4n) is 19.2. The molecule has 109 heavy (non-hydrogen) atoms. The molecule has 0 N–H and O–H groups in total. The lowest BCUT2D eigenvalue weighted by Gasteiger charge is -2.44. The largest absolute Gasteiger partial charge is 0.311 e. The van der Waals surface area contributed by atoms with E-state index in [-0.39, 0.29) is 50.0 Å². The lowest BCUT2D eigenvalue weighted by Crippen LogP contribution is -2.61. The molecule has 0 radical (unpaired) electrons. The van der Waals surface area contributed by atoms with Gasteiger partial charge in [0.1, 0.15) is 0 Å². The van der Waals surface area contributed by atoms with E-state index in [4.69, 9.17) is 0 Å². The molecule has 12 aromatic carbocycles. The number of fused-ring (bicyclic) bond motifs is 12. The molecule has 0 unspecified atom stereocenters. The van der Waals surface area contributed by atoms with E-state index in [2.05, 4.69) is 394 Å². The number of anilines is 6. The predicted molar refractivity (Wildman–Crippen MR) is 471 cm³/mol. The van der Waals surface area contributed by atoms with Crippen LogP contribution in [0.2, 0.25) is 0 Å². The van der Waals surface area contributed by atoms with Crippen LogP contribution in [0.4, 0.5) is 34.1 Å². The molecule has 0 atom stereocenters. The van der Waals surface area contributed by atoms with Crippen molar-refractivity contribution in [2.45, 2.75) is 207 Å². The van der Waals surface area contributed by atoms with E-state index >= 15 is 0 Å². The quantitative estimate of drug-likeness (QED) is 0.148. The summed E-state index contributed by atoms with van der Waals surface area (Å²) in [4.78, 5) is 5.29. The highest BCUT2D eigenvalue weighted by molar-refractivity contribution is 7.00. The first-order chi connectivity index (χ1) is 51.5. The molecule has 4 nitrogen and oxygen atoms in total. The number of benzene rings is 12.